The molecule has 1 aromatic rings. The molecular weight excluding hydrogens is 260 g/mol. The van der Waals surface area contributed by atoms with Gasteiger partial charge in [-0.3, -0.25) is 4.99 Å². The smallest absolute Gasteiger partial charge is 0.231 e. The molecule has 1 N–H and O–H groups in total. The number of amidine groups is 1. The first-order valence-corrected chi connectivity index (χ1v) is 7.41. The standard InChI is InChI=1S/C14H18N2O2S/c1-14(2)7-16-13(19-8-14)15-6-10-3-4-11-12(5-10)18-9-17-11/h3-5H,6-9H2,1-2H3,(H,15,16). The molecule has 0 aromatic heterocycles. The molecule has 19 heavy (non-hydrogen) atoms. The van der Waals surface area contributed by atoms with Crippen molar-refractivity contribution in [3.8, 4) is 11.5 Å². The molecule has 2 heterocycles. The minimum Gasteiger partial charge on any atom is -0.454 e. The Morgan fingerprint density at radius 2 is 2.16 bits per heavy atom. The number of fused-ring (bicyclic) bond motifs is 1. The molecule has 0 saturated carbocycles. The van der Waals surface area contributed by atoms with Gasteiger partial charge in [0.25, 0.3) is 0 Å². The van der Waals surface area contributed by atoms with E-state index in [1.165, 1.54) is 5.56 Å². The highest BCUT2D eigenvalue weighted by Gasteiger charge is 2.23. The normalized spacial score (nSPS) is 20.0. The average Bonchev–Trinajstić information content (AvgIpc) is 2.85. The van der Waals surface area contributed by atoms with E-state index in [9.17, 15) is 0 Å². The Balaban J connectivity index is 1.59. The number of aliphatic imine (C=N–C) groups is 1. The Morgan fingerprint density at radius 1 is 1.32 bits per heavy atom. The lowest BCUT2D eigenvalue weighted by molar-refractivity contribution is 0.174. The van der Waals surface area contributed by atoms with Crippen LogP contribution < -0.4 is 14.8 Å². The second-order valence-corrected chi connectivity index (χ2v) is 6.58. The topological polar surface area (TPSA) is 42.9 Å². The number of rotatable bonds is 2. The Hall–Kier alpha value is -1.36. The van der Waals surface area contributed by atoms with E-state index in [0.717, 1.165) is 35.5 Å². The molecule has 2 aliphatic heterocycles. The quantitative estimate of drug-likeness (QED) is 0.903. The monoisotopic (exact) mass is 278 g/mol. The van der Waals surface area contributed by atoms with Gasteiger partial charge in [0, 0.05) is 18.8 Å². The summed E-state index contributed by atoms with van der Waals surface area (Å²) in [5, 5.41) is 4.42. The van der Waals surface area contributed by atoms with Crippen LogP contribution in [0.15, 0.2) is 23.2 Å². The molecule has 2 aliphatic rings. The van der Waals surface area contributed by atoms with E-state index in [0.29, 0.717) is 12.2 Å². The first kappa shape index (κ1) is 12.7. The lowest BCUT2D eigenvalue weighted by Crippen LogP contribution is -2.30. The molecule has 0 bridgehead atoms. The second-order valence-electron chi connectivity index (χ2n) is 5.62. The first-order valence-electron chi connectivity index (χ1n) is 6.42. The molecule has 3 rings (SSSR count). The van der Waals surface area contributed by atoms with E-state index in [1.807, 2.05) is 12.1 Å². The van der Waals surface area contributed by atoms with Crippen molar-refractivity contribution in [2.24, 2.45) is 10.4 Å². The van der Waals surface area contributed by atoms with Crippen LogP contribution in [0.25, 0.3) is 0 Å². The molecule has 5 heteroatoms. The van der Waals surface area contributed by atoms with Crippen LogP contribution in [0, 0.1) is 5.41 Å². The minimum atomic E-state index is 0.314. The van der Waals surface area contributed by atoms with Crippen LogP contribution in [0.5, 0.6) is 11.5 Å². The average molecular weight is 278 g/mol. The number of thioether (sulfide) groups is 1. The summed E-state index contributed by atoms with van der Waals surface area (Å²) in [7, 11) is 0. The Labute approximate surface area is 117 Å². The third-order valence-corrected chi connectivity index (χ3v) is 4.60. The van der Waals surface area contributed by atoms with Crippen LogP contribution in [0.2, 0.25) is 0 Å². The number of hydrogen-bond acceptors (Lipinski definition) is 5. The summed E-state index contributed by atoms with van der Waals surface area (Å²) in [4.78, 5) is 4.58. The minimum absolute atomic E-state index is 0.314. The summed E-state index contributed by atoms with van der Waals surface area (Å²) in [5.41, 5.74) is 1.49. The van der Waals surface area contributed by atoms with Gasteiger partial charge < -0.3 is 14.8 Å². The van der Waals surface area contributed by atoms with Gasteiger partial charge in [0.05, 0.1) is 0 Å². The van der Waals surface area contributed by atoms with Crippen LogP contribution in [0.1, 0.15) is 19.4 Å². The van der Waals surface area contributed by atoms with Crippen LogP contribution in [0.3, 0.4) is 0 Å². The van der Waals surface area contributed by atoms with Gasteiger partial charge >= 0.3 is 0 Å². The lowest BCUT2D eigenvalue weighted by atomic mass is 9.97. The van der Waals surface area contributed by atoms with Crippen molar-refractivity contribution in [3.63, 3.8) is 0 Å². The van der Waals surface area contributed by atoms with Crippen LogP contribution in [-0.4, -0.2) is 24.3 Å². The third-order valence-electron chi connectivity index (χ3n) is 3.13. The number of hydrogen-bond donors (Lipinski definition) is 1. The van der Waals surface area contributed by atoms with Crippen molar-refractivity contribution in [2.45, 2.75) is 20.4 Å². The molecule has 102 valence electrons. The molecule has 4 nitrogen and oxygen atoms in total. The molecule has 0 atom stereocenters. The van der Waals surface area contributed by atoms with Gasteiger partial charge in [-0.15, -0.1) is 0 Å². The number of benzene rings is 1. The van der Waals surface area contributed by atoms with E-state index >= 15 is 0 Å². The number of ether oxygens (including phenoxy) is 2. The fourth-order valence-corrected chi connectivity index (χ4v) is 2.93. The van der Waals surface area contributed by atoms with Crippen LogP contribution in [0.4, 0.5) is 0 Å². The highest BCUT2D eigenvalue weighted by Crippen LogP contribution is 2.32. The Bertz CT molecular complexity index is 514. The first-order chi connectivity index (χ1) is 9.12. The van der Waals surface area contributed by atoms with Crippen molar-refractivity contribution in [1.82, 2.24) is 5.32 Å². The van der Waals surface area contributed by atoms with Crippen molar-refractivity contribution in [1.29, 1.82) is 0 Å². The van der Waals surface area contributed by atoms with Crippen molar-refractivity contribution in [2.75, 3.05) is 19.1 Å². The molecule has 0 unspecified atom stereocenters. The largest absolute Gasteiger partial charge is 0.454 e. The molecular formula is C14H18N2O2S. The van der Waals surface area contributed by atoms with Crippen LogP contribution in [-0.2, 0) is 6.54 Å². The van der Waals surface area contributed by atoms with Gasteiger partial charge in [0.15, 0.2) is 16.7 Å². The molecule has 0 spiro atoms. The van der Waals surface area contributed by atoms with Crippen molar-refractivity contribution < 1.29 is 9.47 Å². The summed E-state index contributed by atoms with van der Waals surface area (Å²) in [5.74, 6) is 2.77. The van der Waals surface area contributed by atoms with Gasteiger partial charge in [-0.05, 0) is 23.1 Å². The van der Waals surface area contributed by atoms with Gasteiger partial charge in [0.1, 0.15) is 0 Å². The molecule has 0 amide bonds. The number of nitrogens with one attached hydrogen (secondary N) is 1. The zero-order valence-corrected chi connectivity index (χ0v) is 12.0. The van der Waals surface area contributed by atoms with Crippen molar-refractivity contribution >= 4 is 16.9 Å². The molecule has 0 saturated heterocycles. The second kappa shape index (κ2) is 4.96. The third kappa shape index (κ3) is 2.97. The fourth-order valence-electron chi connectivity index (χ4n) is 1.98. The maximum atomic E-state index is 5.37. The van der Waals surface area contributed by atoms with E-state index < -0.39 is 0 Å². The predicted octanol–water partition coefficient (Wildman–Crippen LogP) is 2.63. The molecule has 0 fully saturated rings. The van der Waals surface area contributed by atoms with Gasteiger partial charge in [-0.2, -0.15) is 0 Å². The molecule has 0 aliphatic carbocycles. The molecule has 1 aromatic carbocycles. The van der Waals surface area contributed by atoms with Gasteiger partial charge in [-0.1, -0.05) is 31.7 Å². The highest BCUT2D eigenvalue weighted by atomic mass is 32.2. The maximum Gasteiger partial charge on any atom is 0.231 e. The highest BCUT2D eigenvalue weighted by molar-refractivity contribution is 8.13. The summed E-state index contributed by atoms with van der Waals surface area (Å²) in [6.07, 6.45) is 0. The SMILES string of the molecule is CC1(C)CN=C(NCc2ccc3c(c2)OCO3)SC1. The number of nitrogens with zero attached hydrogens (tertiary/aromatic N) is 1. The van der Waals surface area contributed by atoms with E-state index in [1.54, 1.807) is 11.8 Å². The molecule has 0 radical (unpaired) electrons. The zero-order chi connectivity index (χ0) is 13.3. The fraction of sp³-hybridized carbons (Fsp3) is 0.500. The summed E-state index contributed by atoms with van der Waals surface area (Å²) < 4.78 is 10.7. The maximum absolute atomic E-state index is 5.37. The van der Waals surface area contributed by atoms with Crippen molar-refractivity contribution in [3.05, 3.63) is 23.8 Å². The lowest BCUT2D eigenvalue weighted by Gasteiger charge is -2.27. The Kier molecular flexibility index (Phi) is 3.31. The zero-order valence-electron chi connectivity index (χ0n) is 11.2. The van der Waals surface area contributed by atoms with E-state index in [2.05, 4.69) is 30.2 Å². The summed E-state index contributed by atoms with van der Waals surface area (Å²) in [6.45, 7) is 6.48. The van der Waals surface area contributed by atoms with Gasteiger partial charge in [-0.25, -0.2) is 0 Å². The van der Waals surface area contributed by atoms with E-state index in [-0.39, 0.29) is 0 Å². The van der Waals surface area contributed by atoms with Gasteiger partial charge in [0.2, 0.25) is 6.79 Å². The Morgan fingerprint density at radius 3 is 2.95 bits per heavy atom. The van der Waals surface area contributed by atoms with E-state index in [4.69, 9.17) is 9.47 Å². The summed E-state index contributed by atoms with van der Waals surface area (Å²) >= 11 is 1.80. The summed E-state index contributed by atoms with van der Waals surface area (Å²) in [6, 6.07) is 6.03. The predicted molar refractivity (Wildman–Crippen MR) is 77.9 cm³/mol. The van der Waals surface area contributed by atoms with Crippen LogP contribution >= 0.6 is 11.8 Å².